The van der Waals surface area contributed by atoms with Crippen molar-refractivity contribution in [2.24, 2.45) is 0 Å². The number of nitrogens with zero attached hydrogens (tertiary/aromatic N) is 2. The average molecular weight is 242 g/mol. The molecule has 1 atom stereocenters. The Hall–Kier alpha value is -1.27. The molecule has 0 aliphatic carbocycles. The zero-order chi connectivity index (χ0) is 12.8. The van der Waals surface area contributed by atoms with E-state index in [2.05, 4.69) is 0 Å². The highest BCUT2D eigenvalue weighted by atomic mass is 16.4. The third-order valence-electron chi connectivity index (χ3n) is 2.89. The molecule has 96 valence electrons. The first kappa shape index (κ1) is 13.8. The number of aldehydes is 1. The molecule has 17 heavy (non-hydrogen) atoms. The number of aliphatic carboxylic acids is 1. The third-order valence-corrected chi connectivity index (χ3v) is 2.89. The van der Waals surface area contributed by atoms with Crippen molar-refractivity contribution >= 4 is 18.0 Å². The number of rotatable bonds is 6. The third kappa shape index (κ3) is 3.90. The Bertz CT molecular complexity index is 306. The van der Waals surface area contributed by atoms with E-state index < -0.39 is 17.8 Å². The van der Waals surface area contributed by atoms with Crippen LogP contribution in [0.4, 0.5) is 0 Å². The maximum Gasteiger partial charge on any atom is 0.317 e. The predicted molar refractivity (Wildman–Crippen MR) is 60.8 cm³/mol. The van der Waals surface area contributed by atoms with E-state index in [1.54, 1.807) is 4.90 Å². The molecule has 6 heteroatoms. The molecule has 0 aromatic heterocycles. The molecule has 0 bridgehead atoms. The molecule has 1 fully saturated rings. The molecule has 0 spiro atoms. The molecule has 6 nitrogen and oxygen atoms in total. The van der Waals surface area contributed by atoms with Crippen molar-refractivity contribution in [3.63, 3.8) is 0 Å². The second-order valence-electron chi connectivity index (χ2n) is 4.20. The van der Waals surface area contributed by atoms with Gasteiger partial charge >= 0.3 is 5.97 Å². The molecule has 1 rings (SSSR count). The minimum absolute atomic E-state index is 0.0808. The van der Waals surface area contributed by atoms with E-state index in [1.165, 1.54) is 0 Å². The minimum Gasteiger partial charge on any atom is -0.480 e. The van der Waals surface area contributed by atoms with Gasteiger partial charge in [0.15, 0.2) is 6.29 Å². The SMILES string of the molecule is CCCN1CCN(CC(=O)O)CC1C(=O)C=O. The topological polar surface area (TPSA) is 77.9 Å². The number of carbonyl (C=O) groups is 3. The summed E-state index contributed by atoms with van der Waals surface area (Å²) >= 11 is 0. The van der Waals surface area contributed by atoms with Crippen LogP contribution < -0.4 is 0 Å². The van der Waals surface area contributed by atoms with E-state index in [4.69, 9.17) is 5.11 Å². The first-order valence-corrected chi connectivity index (χ1v) is 5.75. The maximum absolute atomic E-state index is 11.5. The van der Waals surface area contributed by atoms with Crippen LogP contribution in [0.1, 0.15) is 13.3 Å². The fourth-order valence-electron chi connectivity index (χ4n) is 2.12. The molecule has 1 unspecified atom stereocenters. The summed E-state index contributed by atoms with van der Waals surface area (Å²) < 4.78 is 0. The number of carbonyl (C=O) groups excluding carboxylic acids is 2. The van der Waals surface area contributed by atoms with Crippen LogP contribution in [-0.4, -0.2) is 71.7 Å². The highest BCUT2D eigenvalue weighted by Crippen LogP contribution is 2.10. The standard InChI is InChI=1S/C11H18N2O4/c1-2-3-13-5-4-12(7-11(16)17)6-9(13)10(15)8-14/h8-9H,2-7H2,1H3,(H,16,17). The molecule has 1 saturated heterocycles. The molecule has 0 radical (unpaired) electrons. The molecular weight excluding hydrogens is 224 g/mol. The van der Waals surface area contributed by atoms with Gasteiger partial charge in [0.25, 0.3) is 0 Å². The Morgan fingerprint density at radius 1 is 1.41 bits per heavy atom. The van der Waals surface area contributed by atoms with Gasteiger partial charge in [-0.3, -0.25) is 24.2 Å². The van der Waals surface area contributed by atoms with E-state index in [9.17, 15) is 14.4 Å². The van der Waals surface area contributed by atoms with Gasteiger partial charge in [-0.2, -0.15) is 0 Å². The summed E-state index contributed by atoms with van der Waals surface area (Å²) in [4.78, 5) is 36.3. The minimum atomic E-state index is -0.911. The van der Waals surface area contributed by atoms with Gasteiger partial charge in [0.1, 0.15) is 0 Å². The van der Waals surface area contributed by atoms with Crippen LogP contribution in [0.3, 0.4) is 0 Å². The lowest BCUT2D eigenvalue weighted by Gasteiger charge is -2.39. The van der Waals surface area contributed by atoms with E-state index in [-0.39, 0.29) is 6.54 Å². The molecule has 0 aromatic carbocycles. The lowest BCUT2D eigenvalue weighted by molar-refractivity contribution is -0.141. The van der Waals surface area contributed by atoms with Gasteiger partial charge in [0.2, 0.25) is 5.78 Å². The Morgan fingerprint density at radius 2 is 2.12 bits per heavy atom. The van der Waals surface area contributed by atoms with Gasteiger partial charge in [-0.1, -0.05) is 6.92 Å². The Kier molecular flexibility index (Phi) is 5.24. The molecule has 0 amide bonds. The summed E-state index contributed by atoms with van der Waals surface area (Å²) in [6.45, 7) is 4.25. The normalized spacial score (nSPS) is 22.3. The van der Waals surface area contributed by atoms with Gasteiger partial charge in [-0.05, 0) is 13.0 Å². The van der Waals surface area contributed by atoms with Crippen molar-refractivity contribution in [2.45, 2.75) is 19.4 Å². The van der Waals surface area contributed by atoms with E-state index >= 15 is 0 Å². The Labute approximate surface area is 100 Å². The number of carboxylic acid groups (broad SMARTS) is 1. The van der Waals surface area contributed by atoms with Crippen molar-refractivity contribution in [2.75, 3.05) is 32.7 Å². The largest absolute Gasteiger partial charge is 0.480 e. The number of ketones is 1. The summed E-state index contributed by atoms with van der Waals surface area (Å²) in [5, 5.41) is 8.71. The summed E-state index contributed by atoms with van der Waals surface area (Å²) in [7, 11) is 0. The maximum atomic E-state index is 11.5. The van der Waals surface area contributed by atoms with Crippen molar-refractivity contribution < 1.29 is 19.5 Å². The highest BCUT2D eigenvalue weighted by molar-refractivity contribution is 6.27. The number of piperazine rings is 1. The van der Waals surface area contributed by atoms with Crippen LogP contribution in [0.25, 0.3) is 0 Å². The fraction of sp³-hybridized carbons (Fsp3) is 0.727. The number of hydrogen-bond donors (Lipinski definition) is 1. The summed E-state index contributed by atoms with van der Waals surface area (Å²) in [6.07, 6.45) is 1.24. The van der Waals surface area contributed by atoms with Crippen LogP contribution >= 0.6 is 0 Å². The molecule has 0 aromatic rings. The van der Waals surface area contributed by atoms with Gasteiger partial charge in [-0.15, -0.1) is 0 Å². The van der Waals surface area contributed by atoms with Gasteiger partial charge in [0.05, 0.1) is 12.6 Å². The van der Waals surface area contributed by atoms with Crippen molar-refractivity contribution in [1.29, 1.82) is 0 Å². The summed E-state index contributed by atoms with van der Waals surface area (Å²) in [5.41, 5.74) is 0. The zero-order valence-corrected chi connectivity index (χ0v) is 9.96. The Morgan fingerprint density at radius 3 is 2.65 bits per heavy atom. The first-order chi connectivity index (χ1) is 8.08. The van der Waals surface area contributed by atoms with Crippen LogP contribution in [-0.2, 0) is 14.4 Å². The van der Waals surface area contributed by atoms with Crippen molar-refractivity contribution in [3.05, 3.63) is 0 Å². The van der Waals surface area contributed by atoms with Crippen molar-refractivity contribution in [1.82, 2.24) is 9.80 Å². The van der Waals surface area contributed by atoms with Crippen LogP contribution in [0.15, 0.2) is 0 Å². The zero-order valence-electron chi connectivity index (χ0n) is 9.96. The van der Waals surface area contributed by atoms with Crippen LogP contribution in [0, 0.1) is 0 Å². The van der Waals surface area contributed by atoms with E-state index in [0.717, 1.165) is 13.0 Å². The number of Topliss-reactive ketones (excluding diaryl/α,β-unsaturated/α-hetero) is 1. The fourth-order valence-corrected chi connectivity index (χ4v) is 2.12. The lowest BCUT2D eigenvalue weighted by atomic mass is 10.1. The second kappa shape index (κ2) is 6.46. The van der Waals surface area contributed by atoms with Crippen LogP contribution in [0.5, 0.6) is 0 Å². The number of hydrogen-bond acceptors (Lipinski definition) is 5. The van der Waals surface area contributed by atoms with Crippen LogP contribution in [0.2, 0.25) is 0 Å². The molecule has 1 heterocycles. The highest BCUT2D eigenvalue weighted by Gasteiger charge is 2.31. The first-order valence-electron chi connectivity index (χ1n) is 5.75. The van der Waals surface area contributed by atoms with Gasteiger partial charge in [0, 0.05) is 19.6 Å². The lowest BCUT2D eigenvalue weighted by Crippen LogP contribution is -2.57. The molecular formula is C11H18N2O4. The molecule has 1 aliphatic heterocycles. The summed E-state index contributed by atoms with van der Waals surface area (Å²) in [6, 6.07) is -0.486. The molecule has 1 N–H and O–H groups in total. The molecule has 0 saturated carbocycles. The van der Waals surface area contributed by atoms with E-state index in [1.807, 2.05) is 11.8 Å². The van der Waals surface area contributed by atoms with E-state index in [0.29, 0.717) is 25.9 Å². The average Bonchev–Trinajstić information content (AvgIpc) is 2.29. The predicted octanol–water partition coefficient (Wildman–Crippen LogP) is -0.765. The van der Waals surface area contributed by atoms with Crippen molar-refractivity contribution in [3.8, 4) is 0 Å². The second-order valence-corrected chi connectivity index (χ2v) is 4.20. The smallest absolute Gasteiger partial charge is 0.317 e. The Balaban J connectivity index is 2.65. The number of carboxylic acids is 1. The summed E-state index contributed by atoms with van der Waals surface area (Å²) in [5.74, 6) is -1.38. The van der Waals surface area contributed by atoms with Gasteiger partial charge < -0.3 is 5.11 Å². The quantitative estimate of drug-likeness (QED) is 0.487. The van der Waals surface area contributed by atoms with Gasteiger partial charge in [-0.25, -0.2) is 0 Å². The molecule has 1 aliphatic rings. The monoisotopic (exact) mass is 242 g/mol.